The molecule has 1 atom stereocenters. The predicted octanol–water partition coefficient (Wildman–Crippen LogP) is 2.06. The van der Waals surface area contributed by atoms with E-state index in [9.17, 15) is 14.4 Å². The molecule has 2 aromatic rings. The summed E-state index contributed by atoms with van der Waals surface area (Å²) in [4.78, 5) is 45.8. The van der Waals surface area contributed by atoms with Crippen LogP contribution in [0.1, 0.15) is 22.9 Å². The number of carbonyl (C=O) groups excluding carboxylic acids is 3. The first kappa shape index (κ1) is 21.3. The van der Waals surface area contributed by atoms with Gasteiger partial charge in [0.15, 0.2) is 0 Å². The van der Waals surface area contributed by atoms with Crippen molar-refractivity contribution in [2.24, 2.45) is 0 Å². The number of urea groups is 1. The Morgan fingerprint density at radius 2 is 2.03 bits per heavy atom. The monoisotopic (exact) mass is 431 g/mol. The van der Waals surface area contributed by atoms with Crippen molar-refractivity contribution in [3.63, 3.8) is 0 Å². The maximum Gasteiger partial charge on any atom is 0.322 e. The lowest BCUT2D eigenvalue weighted by atomic mass is 9.95. The number of benzene rings is 1. The van der Waals surface area contributed by atoms with Gasteiger partial charge in [-0.25, -0.2) is 4.79 Å². The molecule has 8 nitrogen and oxygen atoms in total. The third-order valence-electron chi connectivity index (χ3n) is 5.55. The molecule has 0 spiro atoms. The number of aromatic nitrogens is 1. The molecule has 4 rings (SSSR count). The van der Waals surface area contributed by atoms with Crippen LogP contribution >= 0.6 is 0 Å². The smallest absolute Gasteiger partial charge is 0.322 e. The molecule has 0 bridgehead atoms. The maximum atomic E-state index is 13.3. The van der Waals surface area contributed by atoms with Crippen molar-refractivity contribution < 1.29 is 14.4 Å². The molecule has 0 radical (unpaired) electrons. The molecule has 1 aromatic heterocycles. The molecular weight excluding hydrogens is 406 g/mol. The zero-order valence-corrected chi connectivity index (χ0v) is 17.9. The van der Waals surface area contributed by atoms with E-state index >= 15 is 0 Å². The molecule has 164 valence electrons. The van der Waals surface area contributed by atoms with E-state index in [1.807, 2.05) is 43.3 Å². The summed E-state index contributed by atoms with van der Waals surface area (Å²) in [6.45, 7) is 6.34. The van der Waals surface area contributed by atoms with Gasteiger partial charge in [-0.2, -0.15) is 0 Å². The highest BCUT2D eigenvalue weighted by molar-refractivity contribution is 6.03. The summed E-state index contributed by atoms with van der Waals surface area (Å²) in [6.07, 6.45) is 3.27. The van der Waals surface area contributed by atoms with Crippen molar-refractivity contribution in [1.82, 2.24) is 25.4 Å². The number of carbonyl (C=O) groups is 3. The Hall–Kier alpha value is -3.94. The van der Waals surface area contributed by atoms with Crippen LogP contribution in [0.5, 0.6) is 0 Å². The molecule has 0 fully saturated rings. The first-order valence-electron chi connectivity index (χ1n) is 10.4. The Morgan fingerprint density at radius 1 is 1.25 bits per heavy atom. The van der Waals surface area contributed by atoms with Gasteiger partial charge in [0.05, 0.1) is 36.1 Å². The van der Waals surface area contributed by atoms with Gasteiger partial charge in [0.1, 0.15) is 6.54 Å². The summed E-state index contributed by atoms with van der Waals surface area (Å²) in [6, 6.07) is 12.3. The van der Waals surface area contributed by atoms with Gasteiger partial charge in [0.2, 0.25) is 5.91 Å². The van der Waals surface area contributed by atoms with Crippen molar-refractivity contribution in [2.45, 2.75) is 19.5 Å². The van der Waals surface area contributed by atoms with Crippen LogP contribution in [0, 0.1) is 6.92 Å². The van der Waals surface area contributed by atoms with Gasteiger partial charge in [0.25, 0.3) is 5.91 Å². The van der Waals surface area contributed by atoms with Crippen LogP contribution in [-0.4, -0.2) is 52.3 Å². The van der Waals surface area contributed by atoms with Gasteiger partial charge in [-0.05, 0) is 24.6 Å². The lowest BCUT2D eigenvalue weighted by Crippen LogP contribution is -2.47. The largest absolute Gasteiger partial charge is 0.349 e. The zero-order valence-electron chi connectivity index (χ0n) is 17.9. The Kier molecular flexibility index (Phi) is 6.02. The third-order valence-corrected chi connectivity index (χ3v) is 5.55. The Morgan fingerprint density at radius 3 is 2.72 bits per heavy atom. The highest BCUT2D eigenvalue weighted by Crippen LogP contribution is 2.36. The van der Waals surface area contributed by atoms with Crippen LogP contribution in [0.3, 0.4) is 0 Å². The number of pyridine rings is 1. The molecule has 1 aromatic carbocycles. The van der Waals surface area contributed by atoms with E-state index in [-0.39, 0.29) is 44.0 Å². The third kappa shape index (κ3) is 4.25. The van der Waals surface area contributed by atoms with E-state index in [0.29, 0.717) is 11.3 Å². The van der Waals surface area contributed by atoms with Crippen LogP contribution in [0.15, 0.2) is 72.6 Å². The number of hydrogen-bond acceptors (Lipinski definition) is 4. The summed E-state index contributed by atoms with van der Waals surface area (Å²) < 4.78 is 0. The Balaban J connectivity index is 1.53. The average Bonchev–Trinajstić information content (AvgIpc) is 3.11. The summed E-state index contributed by atoms with van der Waals surface area (Å²) in [5, 5.41) is 5.73. The topological polar surface area (TPSA) is 94.6 Å². The Bertz CT molecular complexity index is 1080. The summed E-state index contributed by atoms with van der Waals surface area (Å²) in [5.74, 6) is -0.544. The number of rotatable bonds is 7. The van der Waals surface area contributed by atoms with Crippen LogP contribution in [0.2, 0.25) is 0 Å². The summed E-state index contributed by atoms with van der Waals surface area (Å²) in [5.41, 5.74) is 3.75. The number of aryl methyl sites for hydroxylation is 1. The second-order valence-corrected chi connectivity index (χ2v) is 7.81. The highest BCUT2D eigenvalue weighted by atomic mass is 16.2. The van der Waals surface area contributed by atoms with Crippen LogP contribution in [0.25, 0.3) is 0 Å². The normalized spacial score (nSPS) is 17.8. The minimum atomic E-state index is -0.562. The van der Waals surface area contributed by atoms with Gasteiger partial charge in [-0.3, -0.25) is 19.5 Å². The molecule has 0 saturated heterocycles. The second kappa shape index (κ2) is 9.05. The van der Waals surface area contributed by atoms with Crippen molar-refractivity contribution in [2.75, 3.05) is 19.6 Å². The van der Waals surface area contributed by atoms with Gasteiger partial charge in [-0.15, -0.1) is 6.58 Å². The standard InChI is InChI=1S/C24H25N5O3/c1-3-12-29-19-14-28(15-20(30)26-13-18-6-4-5-11-25-18)23(31)21(19)22(27-24(29)32)17-9-7-16(2)8-10-17/h3-11,22H,1,12-15H2,2H3,(H,26,30)(H,27,32)/t22-/m0/s1. The molecule has 2 N–H and O–H groups in total. The van der Waals surface area contributed by atoms with E-state index in [2.05, 4.69) is 22.2 Å². The molecule has 4 amide bonds. The lowest BCUT2D eigenvalue weighted by molar-refractivity contribution is -0.132. The van der Waals surface area contributed by atoms with E-state index in [4.69, 9.17) is 0 Å². The highest BCUT2D eigenvalue weighted by Gasteiger charge is 2.44. The summed E-state index contributed by atoms with van der Waals surface area (Å²) >= 11 is 0. The van der Waals surface area contributed by atoms with Crippen molar-refractivity contribution >= 4 is 17.8 Å². The van der Waals surface area contributed by atoms with Gasteiger partial charge < -0.3 is 15.5 Å². The minimum absolute atomic E-state index is 0.102. The zero-order chi connectivity index (χ0) is 22.7. The molecule has 2 aliphatic rings. The van der Waals surface area contributed by atoms with Crippen LogP contribution in [-0.2, 0) is 16.1 Å². The SMILES string of the molecule is C=CCN1C(=O)N[C@@H](c2ccc(C)cc2)C2=C1CN(CC(=O)NCc1ccccn1)C2=O. The van der Waals surface area contributed by atoms with E-state index in [1.165, 1.54) is 9.80 Å². The molecule has 0 unspecified atom stereocenters. The fraction of sp³-hybridized carbons (Fsp3) is 0.250. The molecule has 0 saturated carbocycles. The van der Waals surface area contributed by atoms with Crippen LogP contribution in [0.4, 0.5) is 4.79 Å². The van der Waals surface area contributed by atoms with Gasteiger partial charge in [-0.1, -0.05) is 42.0 Å². The summed E-state index contributed by atoms with van der Waals surface area (Å²) in [7, 11) is 0. The van der Waals surface area contributed by atoms with Crippen molar-refractivity contribution in [3.05, 3.63) is 89.4 Å². The van der Waals surface area contributed by atoms with E-state index in [1.54, 1.807) is 18.3 Å². The second-order valence-electron chi connectivity index (χ2n) is 7.81. The molecule has 0 aliphatic carbocycles. The van der Waals surface area contributed by atoms with Crippen LogP contribution < -0.4 is 10.6 Å². The Labute approximate surface area is 186 Å². The minimum Gasteiger partial charge on any atom is -0.349 e. The molecule has 2 aliphatic heterocycles. The first-order valence-corrected chi connectivity index (χ1v) is 10.4. The molecule has 3 heterocycles. The van der Waals surface area contributed by atoms with E-state index in [0.717, 1.165) is 16.8 Å². The quantitative estimate of drug-likeness (QED) is 0.656. The fourth-order valence-corrected chi connectivity index (χ4v) is 3.93. The number of nitrogens with zero attached hydrogens (tertiary/aromatic N) is 3. The van der Waals surface area contributed by atoms with Crippen molar-refractivity contribution in [1.29, 1.82) is 0 Å². The molecular formula is C24H25N5O3. The lowest BCUT2D eigenvalue weighted by Gasteiger charge is -2.33. The molecule has 8 heteroatoms. The average molecular weight is 431 g/mol. The van der Waals surface area contributed by atoms with Gasteiger partial charge >= 0.3 is 6.03 Å². The molecule has 32 heavy (non-hydrogen) atoms. The first-order chi connectivity index (χ1) is 15.5. The predicted molar refractivity (Wildman–Crippen MR) is 119 cm³/mol. The maximum absolute atomic E-state index is 13.3. The van der Waals surface area contributed by atoms with Gasteiger partial charge in [0, 0.05) is 12.7 Å². The number of hydrogen-bond donors (Lipinski definition) is 2. The van der Waals surface area contributed by atoms with E-state index < -0.39 is 6.04 Å². The number of amides is 4. The van der Waals surface area contributed by atoms with Crippen molar-refractivity contribution in [3.8, 4) is 0 Å². The number of nitrogens with one attached hydrogen (secondary N) is 2. The fourth-order valence-electron chi connectivity index (χ4n) is 3.93.